The van der Waals surface area contributed by atoms with Gasteiger partial charge in [0, 0.05) is 0 Å². The van der Waals surface area contributed by atoms with E-state index in [4.69, 9.17) is 20.4 Å². The molecule has 2 rings (SSSR count). The highest BCUT2D eigenvalue weighted by molar-refractivity contribution is 8.06. The molecule has 0 aliphatic carbocycles. The number of aromatic nitrogens is 4. The molecule has 0 aromatic carbocycles. The molecule has 0 radical (unpaired) electrons. The van der Waals surface area contributed by atoms with E-state index in [0.717, 1.165) is 0 Å². The Balaban J connectivity index is 0.000000221. The summed E-state index contributed by atoms with van der Waals surface area (Å²) in [7, 11) is 0. The van der Waals surface area contributed by atoms with Crippen LogP contribution < -0.4 is 11.3 Å². The van der Waals surface area contributed by atoms with Gasteiger partial charge in [0.25, 0.3) is 5.56 Å². The summed E-state index contributed by atoms with van der Waals surface area (Å²) in [6, 6.07) is 0. The van der Waals surface area contributed by atoms with Crippen LogP contribution in [0.3, 0.4) is 0 Å². The molecule has 0 saturated carbocycles. The van der Waals surface area contributed by atoms with Gasteiger partial charge in [-0.25, -0.2) is 4.98 Å². The van der Waals surface area contributed by atoms with E-state index in [1.807, 2.05) is 0 Å². The number of imidazole rings is 1. The highest BCUT2D eigenvalue weighted by Gasteiger charge is 2.01. The summed E-state index contributed by atoms with van der Waals surface area (Å²) in [5.74, 6) is 0.0783. The molecule has 88 valence electrons. The second kappa shape index (κ2) is 4.68. The third-order valence-corrected chi connectivity index (χ3v) is 1.31. The maximum absolute atomic E-state index is 11.0. The number of fused-ring (bicyclic) bond motifs is 1. The lowest BCUT2D eigenvalue weighted by Crippen LogP contribution is -2.10. The van der Waals surface area contributed by atoms with Gasteiger partial charge in [-0.15, -0.1) is 0 Å². The second-order valence-corrected chi connectivity index (χ2v) is 5.06. The van der Waals surface area contributed by atoms with Crippen LogP contribution in [-0.2, 0) is 11.8 Å². The molecule has 0 aliphatic rings. The summed E-state index contributed by atoms with van der Waals surface area (Å²) in [6.45, 7) is -3.81. The van der Waals surface area contributed by atoms with Crippen molar-refractivity contribution in [1.29, 1.82) is 0 Å². The number of anilines is 1. The zero-order valence-corrected chi connectivity index (χ0v) is 9.37. The van der Waals surface area contributed by atoms with Crippen molar-refractivity contribution in [2.45, 2.75) is 0 Å². The largest absolute Gasteiger partial charge is 0.369 e. The Morgan fingerprint density at radius 1 is 1.44 bits per heavy atom. The van der Waals surface area contributed by atoms with Crippen molar-refractivity contribution < 1.29 is 14.7 Å². The molecule has 0 aliphatic heterocycles. The standard InChI is InChI=1S/C5H5N5O.H3O3PS/c6-5-9-3-2(4(11)10-5)7-1-8-3;1-4(2,3)5/h1H,(H4,6,7,8,9,10,11);(H3,1,2,3,5). The van der Waals surface area contributed by atoms with Crippen molar-refractivity contribution in [3.8, 4) is 0 Å². The molecule has 2 aromatic rings. The predicted molar refractivity (Wildman–Crippen MR) is 59.9 cm³/mol. The number of nitrogens with zero attached hydrogens (tertiary/aromatic N) is 2. The molecule has 0 spiro atoms. The summed E-state index contributed by atoms with van der Waals surface area (Å²) in [5, 5.41) is 0. The van der Waals surface area contributed by atoms with Crippen molar-refractivity contribution in [2.75, 3.05) is 5.73 Å². The Morgan fingerprint density at radius 3 is 2.56 bits per heavy atom. The Hall–Kier alpha value is -1.32. The molecule has 2 heterocycles. The molecule has 9 nitrogen and oxygen atoms in total. The minimum atomic E-state index is -3.81. The molecule has 0 amide bonds. The molecule has 0 unspecified atom stereocenters. The zero-order chi connectivity index (χ0) is 12.3. The van der Waals surface area contributed by atoms with Gasteiger partial charge in [0.2, 0.25) is 5.95 Å². The molecule has 0 atom stereocenters. The number of nitrogens with one attached hydrogen (secondary N) is 2. The Morgan fingerprint density at radius 2 is 2.00 bits per heavy atom. The van der Waals surface area contributed by atoms with Crippen molar-refractivity contribution in [3.05, 3.63) is 16.7 Å². The topological polar surface area (TPSA) is 161 Å². The first-order valence-electron chi connectivity index (χ1n) is 3.74. The zero-order valence-electron chi connectivity index (χ0n) is 7.65. The van der Waals surface area contributed by atoms with Crippen LogP contribution in [0, 0.1) is 0 Å². The third kappa shape index (κ3) is 4.04. The summed E-state index contributed by atoms with van der Waals surface area (Å²) in [6.07, 6.45) is 1.40. The normalized spacial score (nSPS) is 10.9. The van der Waals surface area contributed by atoms with E-state index in [-0.39, 0.29) is 11.5 Å². The van der Waals surface area contributed by atoms with Crippen molar-refractivity contribution in [1.82, 2.24) is 19.9 Å². The maximum Gasteiger partial charge on any atom is 0.319 e. The highest BCUT2D eigenvalue weighted by Crippen LogP contribution is 2.26. The fourth-order valence-electron chi connectivity index (χ4n) is 0.860. The molecule has 2 aromatic heterocycles. The number of nitrogen functional groups attached to an aromatic ring is 1. The Bertz CT molecular complexity index is 579. The molecular formula is C5H8N5O4PS. The van der Waals surface area contributed by atoms with Gasteiger partial charge < -0.3 is 25.4 Å². The third-order valence-electron chi connectivity index (χ3n) is 1.31. The fourth-order valence-corrected chi connectivity index (χ4v) is 0.860. The molecule has 0 bridgehead atoms. The highest BCUT2D eigenvalue weighted by atomic mass is 32.5. The first-order valence-corrected chi connectivity index (χ1v) is 6.40. The first-order chi connectivity index (χ1) is 7.27. The molecular weight excluding hydrogens is 257 g/mol. The first kappa shape index (κ1) is 12.7. The van der Waals surface area contributed by atoms with E-state index < -0.39 is 6.72 Å². The van der Waals surface area contributed by atoms with E-state index in [0.29, 0.717) is 11.2 Å². The lowest BCUT2D eigenvalue weighted by molar-refractivity contribution is 0.363. The quantitative estimate of drug-likeness (QED) is 0.311. The summed E-state index contributed by atoms with van der Waals surface area (Å²) >= 11 is 3.60. The van der Waals surface area contributed by atoms with E-state index in [2.05, 4.69) is 31.7 Å². The van der Waals surface area contributed by atoms with Crippen LogP contribution in [0.2, 0.25) is 0 Å². The Kier molecular flexibility index (Phi) is 3.73. The van der Waals surface area contributed by atoms with E-state index in [1.165, 1.54) is 6.33 Å². The van der Waals surface area contributed by atoms with Crippen LogP contribution in [0.15, 0.2) is 11.1 Å². The number of hydrogen-bond acceptors (Lipinski definition) is 5. The van der Waals surface area contributed by atoms with E-state index in [9.17, 15) is 4.79 Å². The molecule has 7 N–H and O–H groups in total. The number of aromatic amines is 2. The summed E-state index contributed by atoms with van der Waals surface area (Å²) in [5.41, 5.74) is 5.65. The molecule has 16 heavy (non-hydrogen) atoms. The lowest BCUT2D eigenvalue weighted by Gasteiger charge is -1.89. The van der Waals surface area contributed by atoms with E-state index >= 15 is 0 Å². The van der Waals surface area contributed by atoms with Gasteiger partial charge >= 0.3 is 6.72 Å². The van der Waals surface area contributed by atoms with E-state index in [1.54, 1.807) is 0 Å². The minimum Gasteiger partial charge on any atom is -0.369 e. The van der Waals surface area contributed by atoms with Crippen molar-refractivity contribution >= 4 is 35.6 Å². The van der Waals surface area contributed by atoms with Gasteiger partial charge in [-0.2, -0.15) is 4.98 Å². The number of nitrogens with two attached hydrogens (primary N) is 1. The monoisotopic (exact) mass is 265 g/mol. The lowest BCUT2D eigenvalue weighted by atomic mass is 10.5. The van der Waals surface area contributed by atoms with Crippen LogP contribution in [-0.4, -0.2) is 34.6 Å². The van der Waals surface area contributed by atoms with Crippen molar-refractivity contribution in [3.63, 3.8) is 0 Å². The Labute approximate surface area is 93.3 Å². The van der Waals surface area contributed by atoms with Gasteiger partial charge in [-0.05, 0) is 11.8 Å². The van der Waals surface area contributed by atoms with Crippen LogP contribution in [0.4, 0.5) is 5.95 Å². The summed E-state index contributed by atoms with van der Waals surface area (Å²) < 4.78 is 0. The van der Waals surface area contributed by atoms with Gasteiger partial charge in [-0.3, -0.25) is 9.78 Å². The molecule has 11 heteroatoms. The molecule has 0 fully saturated rings. The number of H-pyrrole nitrogens is 2. The number of rotatable bonds is 0. The van der Waals surface area contributed by atoms with Gasteiger partial charge in [-0.1, -0.05) is 0 Å². The number of hydrogen-bond donors (Lipinski definition) is 6. The molecule has 0 saturated heterocycles. The van der Waals surface area contributed by atoms with Gasteiger partial charge in [0.05, 0.1) is 6.33 Å². The van der Waals surface area contributed by atoms with Gasteiger partial charge in [0.1, 0.15) is 0 Å². The van der Waals surface area contributed by atoms with Crippen LogP contribution in [0.5, 0.6) is 0 Å². The van der Waals surface area contributed by atoms with Crippen LogP contribution >= 0.6 is 6.72 Å². The average molecular weight is 265 g/mol. The van der Waals surface area contributed by atoms with Crippen LogP contribution in [0.1, 0.15) is 0 Å². The summed E-state index contributed by atoms with van der Waals surface area (Å²) in [4.78, 5) is 46.2. The average Bonchev–Trinajstić information content (AvgIpc) is 2.47. The minimum absolute atomic E-state index is 0.0783. The SMILES string of the molecule is Nc1nc2nc[nH]c2c(=O)[nH]1.OP(O)(O)=S. The fraction of sp³-hybridized carbons (Fsp3) is 0. The van der Waals surface area contributed by atoms with Gasteiger partial charge in [0.15, 0.2) is 11.2 Å². The smallest absolute Gasteiger partial charge is 0.319 e. The van der Waals surface area contributed by atoms with Crippen LogP contribution in [0.25, 0.3) is 11.2 Å². The van der Waals surface area contributed by atoms with Crippen molar-refractivity contribution in [2.24, 2.45) is 0 Å². The predicted octanol–water partition coefficient (Wildman–Crippen LogP) is -1.58. The maximum atomic E-state index is 11.0. The second-order valence-electron chi connectivity index (χ2n) is 2.57.